The van der Waals surface area contributed by atoms with E-state index in [1.54, 1.807) is 12.4 Å². The fourth-order valence-corrected chi connectivity index (χ4v) is 2.59. The Hall–Kier alpha value is -2.82. The summed E-state index contributed by atoms with van der Waals surface area (Å²) in [6.07, 6.45) is 5.39. The van der Waals surface area contributed by atoms with Gasteiger partial charge in [0, 0.05) is 24.2 Å². The largest absolute Gasteiger partial charge is 0.486 e. The molecule has 5 heteroatoms. The number of hydrogen-bond acceptors (Lipinski definition) is 4. The van der Waals surface area contributed by atoms with Gasteiger partial charge in [0.15, 0.2) is 11.5 Å². The number of hydrogen-bond donors (Lipinski definition) is 0. The summed E-state index contributed by atoms with van der Waals surface area (Å²) in [6, 6.07) is 12.0. The van der Waals surface area contributed by atoms with Crippen LogP contribution in [0.5, 0.6) is 11.5 Å². The Bertz CT molecular complexity index is 784. The SMILES string of the molecule is c1cc(-c2ccnn2Cc2ccc3c(c2)OCCO3)ccn1. The lowest BCUT2D eigenvalue weighted by atomic mass is 10.1. The Balaban J connectivity index is 1.63. The maximum atomic E-state index is 5.64. The first kappa shape index (κ1) is 12.9. The quantitative estimate of drug-likeness (QED) is 0.745. The van der Waals surface area contributed by atoms with Gasteiger partial charge in [-0.3, -0.25) is 9.67 Å². The second-order valence-electron chi connectivity index (χ2n) is 5.09. The van der Waals surface area contributed by atoms with E-state index in [1.807, 2.05) is 47.3 Å². The summed E-state index contributed by atoms with van der Waals surface area (Å²) < 4.78 is 13.2. The molecule has 0 aliphatic carbocycles. The molecule has 0 fully saturated rings. The highest BCUT2D eigenvalue weighted by atomic mass is 16.6. The van der Waals surface area contributed by atoms with Crippen molar-refractivity contribution in [3.8, 4) is 22.8 Å². The summed E-state index contributed by atoms with van der Waals surface area (Å²) in [5, 5.41) is 4.42. The van der Waals surface area contributed by atoms with Crippen LogP contribution in [-0.4, -0.2) is 28.0 Å². The van der Waals surface area contributed by atoms with Crippen molar-refractivity contribution in [2.24, 2.45) is 0 Å². The fourth-order valence-electron chi connectivity index (χ4n) is 2.59. The number of fused-ring (bicyclic) bond motifs is 1. The lowest BCUT2D eigenvalue weighted by Crippen LogP contribution is -2.15. The minimum Gasteiger partial charge on any atom is -0.486 e. The standard InChI is InChI=1S/C17H15N3O2/c1-2-16-17(22-10-9-21-16)11-13(1)12-20-15(5-8-19-20)14-3-6-18-7-4-14/h1-8,11H,9-10,12H2. The van der Waals surface area contributed by atoms with Gasteiger partial charge < -0.3 is 9.47 Å². The number of nitrogens with zero attached hydrogens (tertiary/aromatic N) is 3. The summed E-state index contributed by atoms with van der Waals surface area (Å²) in [4.78, 5) is 4.06. The molecule has 3 heterocycles. The van der Waals surface area contributed by atoms with Crippen molar-refractivity contribution in [1.82, 2.24) is 14.8 Å². The van der Waals surface area contributed by atoms with E-state index in [9.17, 15) is 0 Å². The third-order valence-electron chi connectivity index (χ3n) is 3.63. The second kappa shape index (κ2) is 5.52. The molecule has 1 aromatic carbocycles. The normalized spacial score (nSPS) is 13.1. The van der Waals surface area contributed by atoms with Crippen molar-refractivity contribution < 1.29 is 9.47 Å². The average molecular weight is 293 g/mol. The van der Waals surface area contributed by atoms with Gasteiger partial charge in [-0.1, -0.05) is 6.07 Å². The van der Waals surface area contributed by atoms with Gasteiger partial charge in [-0.05, 0) is 35.9 Å². The van der Waals surface area contributed by atoms with Crippen molar-refractivity contribution >= 4 is 0 Å². The van der Waals surface area contributed by atoms with Gasteiger partial charge in [0.2, 0.25) is 0 Å². The minimum absolute atomic E-state index is 0.598. The van der Waals surface area contributed by atoms with E-state index in [4.69, 9.17) is 9.47 Å². The van der Waals surface area contributed by atoms with Crippen LogP contribution in [0.15, 0.2) is 55.0 Å². The van der Waals surface area contributed by atoms with Crippen LogP contribution in [-0.2, 0) is 6.54 Å². The van der Waals surface area contributed by atoms with E-state index in [0.29, 0.717) is 19.8 Å². The van der Waals surface area contributed by atoms with E-state index in [2.05, 4.69) is 10.1 Å². The zero-order chi connectivity index (χ0) is 14.8. The zero-order valence-electron chi connectivity index (χ0n) is 12.0. The van der Waals surface area contributed by atoms with E-state index < -0.39 is 0 Å². The molecular weight excluding hydrogens is 278 g/mol. The maximum Gasteiger partial charge on any atom is 0.161 e. The molecule has 2 aromatic heterocycles. The summed E-state index contributed by atoms with van der Waals surface area (Å²) in [5.74, 6) is 1.62. The zero-order valence-corrected chi connectivity index (χ0v) is 12.0. The van der Waals surface area contributed by atoms with Gasteiger partial charge in [0.25, 0.3) is 0 Å². The highest BCUT2D eigenvalue weighted by Crippen LogP contribution is 2.31. The van der Waals surface area contributed by atoms with Gasteiger partial charge in [0.1, 0.15) is 13.2 Å². The molecule has 0 saturated heterocycles. The van der Waals surface area contributed by atoms with Crippen LogP contribution in [0.4, 0.5) is 0 Å². The van der Waals surface area contributed by atoms with E-state index >= 15 is 0 Å². The summed E-state index contributed by atoms with van der Waals surface area (Å²) in [6.45, 7) is 1.89. The van der Waals surface area contributed by atoms with Crippen molar-refractivity contribution in [2.75, 3.05) is 13.2 Å². The Morgan fingerprint density at radius 3 is 2.59 bits per heavy atom. The maximum absolute atomic E-state index is 5.64. The topological polar surface area (TPSA) is 49.2 Å². The Morgan fingerprint density at radius 1 is 0.909 bits per heavy atom. The molecular formula is C17H15N3O2. The minimum atomic E-state index is 0.598. The average Bonchev–Trinajstić information content (AvgIpc) is 3.04. The van der Waals surface area contributed by atoms with Gasteiger partial charge in [-0.2, -0.15) is 5.10 Å². The Morgan fingerprint density at radius 2 is 1.73 bits per heavy atom. The first-order valence-electron chi connectivity index (χ1n) is 7.21. The molecule has 22 heavy (non-hydrogen) atoms. The summed E-state index contributed by atoms with van der Waals surface area (Å²) in [5.41, 5.74) is 3.30. The lowest BCUT2D eigenvalue weighted by Gasteiger charge is -2.19. The number of ether oxygens (including phenoxy) is 2. The summed E-state index contributed by atoms with van der Waals surface area (Å²) in [7, 11) is 0. The molecule has 0 amide bonds. The van der Waals surface area contributed by atoms with E-state index in [-0.39, 0.29) is 0 Å². The molecule has 0 unspecified atom stereocenters. The molecule has 3 aromatic rings. The first-order chi connectivity index (χ1) is 10.9. The molecule has 5 nitrogen and oxygen atoms in total. The molecule has 0 spiro atoms. The van der Waals surface area contributed by atoms with Crippen LogP contribution in [0.25, 0.3) is 11.3 Å². The second-order valence-corrected chi connectivity index (χ2v) is 5.09. The molecule has 0 radical (unpaired) electrons. The Kier molecular flexibility index (Phi) is 3.23. The first-order valence-corrected chi connectivity index (χ1v) is 7.21. The fraction of sp³-hybridized carbons (Fsp3) is 0.176. The highest BCUT2D eigenvalue weighted by molar-refractivity contribution is 5.58. The number of benzene rings is 1. The van der Waals surface area contributed by atoms with Gasteiger partial charge in [-0.25, -0.2) is 0 Å². The summed E-state index contributed by atoms with van der Waals surface area (Å²) >= 11 is 0. The molecule has 1 aliphatic rings. The van der Waals surface area contributed by atoms with Gasteiger partial charge in [0.05, 0.1) is 12.2 Å². The van der Waals surface area contributed by atoms with Crippen LogP contribution in [0.3, 0.4) is 0 Å². The third kappa shape index (κ3) is 2.41. The molecule has 0 atom stereocenters. The molecule has 0 bridgehead atoms. The molecule has 110 valence electrons. The number of aromatic nitrogens is 3. The van der Waals surface area contributed by atoms with Crippen molar-refractivity contribution in [1.29, 1.82) is 0 Å². The predicted octanol–water partition coefficient (Wildman–Crippen LogP) is 2.76. The van der Waals surface area contributed by atoms with Crippen LogP contribution >= 0.6 is 0 Å². The van der Waals surface area contributed by atoms with Crippen molar-refractivity contribution in [3.05, 3.63) is 60.6 Å². The highest BCUT2D eigenvalue weighted by Gasteiger charge is 2.13. The molecule has 4 rings (SSSR count). The molecule has 0 N–H and O–H groups in total. The van der Waals surface area contributed by atoms with Crippen molar-refractivity contribution in [3.63, 3.8) is 0 Å². The van der Waals surface area contributed by atoms with Crippen LogP contribution < -0.4 is 9.47 Å². The van der Waals surface area contributed by atoms with Crippen LogP contribution in [0.1, 0.15) is 5.56 Å². The lowest BCUT2D eigenvalue weighted by molar-refractivity contribution is 0.171. The van der Waals surface area contributed by atoms with E-state index in [1.165, 1.54) is 0 Å². The van der Waals surface area contributed by atoms with Crippen molar-refractivity contribution in [2.45, 2.75) is 6.54 Å². The molecule has 0 saturated carbocycles. The van der Waals surface area contributed by atoms with E-state index in [0.717, 1.165) is 28.3 Å². The van der Waals surface area contributed by atoms with Crippen LogP contribution in [0, 0.1) is 0 Å². The third-order valence-corrected chi connectivity index (χ3v) is 3.63. The number of rotatable bonds is 3. The Labute approximate surface area is 128 Å². The number of pyridine rings is 1. The monoisotopic (exact) mass is 293 g/mol. The van der Waals surface area contributed by atoms with Gasteiger partial charge >= 0.3 is 0 Å². The molecule has 1 aliphatic heterocycles. The van der Waals surface area contributed by atoms with Gasteiger partial charge in [-0.15, -0.1) is 0 Å². The van der Waals surface area contributed by atoms with Crippen LogP contribution in [0.2, 0.25) is 0 Å². The smallest absolute Gasteiger partial charge is 0.161 e. The predicted molar refractivity (Wildman–Crippen MR) is 82.0 cm³/mol.